The zero-order valence-corrected chi connectivity index (χ0v) is 13.8. The minimum atomic E-state index is -4.52. The topological polar surface area (TPSA) is 26.0 Å². The molecule has 0 aliphatic heterocycles. The second-order valence-electron chi connectivity index (χ2n) is 5.11. The quantitative estimate of drug-likeness (QED) is 0.654. The van der Waals surface area contributed by atoms with Crippen molar-refractivity contribution >= 4 is 29.3 Å². The summed E-state index contributed by atoms with van der Waals surface area (Å²) in [4.78, 5) is 0. The Balaban J connectivity index is 2.36. The Morgan fingerprint density at radius 3 is 2.29 bits per heavy atom. The van der Waals surface area contributed by atoms with Crippen LogP contribution < -0.4 is 5.73 Å². The van der Waals surface area contributed by atoms with E-state index < -0.39 is 17.9 Å². The Bertz CT molecular complexity index is 757. The minimum Gasteiger partial charge on any atom is -0.326 e. The Morgan fingerprint density at radius 1 is 1.04 bits per heavy atom. The highest BCUT2D eigenvalue weighted by Gasteiger charge is 2.39. The van der Waals surface area contributed by atoms with E-state index in [-0.39, 0.29) is 22.2 Å². The summed E-state index contributed by atoms with van der Waals surface area (Å²) in [6, 6.07) is 7.82. The molecule has 0 spiro atoms. The van der Waals surface area contributed by atoms with Crippen molar-refractivity contribution in [1.29, 1.82) is 0 Å². The molecule has 0 aromatic heterocycles. The smallest absolute Gasteiger partial charge is 0.326 e. The SMILES string of the molecule is NCc1ccc(C=CC(c2ccc(Cl)c(Cl)c2)C(F)(F)F)cc1F. The van der Waals surface area contributed by atoms with Gasteiger partial charge in [0.05, 0.1) is 16.0 Å². The molecular weight excluding hydrogens is 365 g/mol. The fourth-order valence-electron chi connectivity index (χ4n) is 2.16. The van der Waals surface area contributed by atoms with Crippen LogP contribution in [0.2, 0.25) is 10.0 Å². The highest BCUT2D eigenvalue weighted by Crippen LogP contribution is 2.38. The molecule has 2 rings (SSSR count). The summed E-state index contributed by atoms with van der Waals surface area (Å²) in [6.07, 6.45) is -2.36. The lowest BCUT2D eigenvalue weighted by Crippen LogP contribution is -2.18. The third kappa shape index (κ3) is 4.50. The molecule has 0 bridgehead atoms. The summed E-state index contributed by atoms with van der Waals surface area (Å²) < 4.78 is 53.6. The van der Waals surface area contributed by atoms with Gasteiger partial charge in [0.2, 0.25) is 0 Å². The van der Waals surface area contributed by atoms with E-state index in [0.29, 0.717) is 11.1 Å². The van der Waals surface area contributed by atoms with E-state index in [9.17, 15) is 17.6 Å². The standard InChI is InChI=1S/C17H13Cl2F4N/c18-14-6-4-11(8-15(14)19)13(17(21,22)23)5-2-10-1-3-12(9-24)16(20)7-10/h1-8,13H,9,24H2. The van der Waals surface area contributed by atoms with E-state index in [1.807, 2.05) is 0 Å². The monoisotopic (exact) mass is 377 g/mol. The molecule has 1 unspecified atom stereocenters. The Kier molecular flexibility index (Phi) is 5.91. The number of halogens is 6. The zero-order chi connectivity index (χ0) is 17.9. The van der Waals surface area contributed by atoms with Gasteiger partial charge in [-0.25, -0.2) is 4.39 Å². The summed E-state index contributed by atoms with van der Waals surface area (Å²) >= 11 is 11.5. The normalized spacial score (nSPS) is 13.5. The number of rotatable bonds is 4. The second kappa shape index (κ2) is 7.55. The van der Waals surface area contributed by atoms with Crippen LogP contribution in [0, 0.1) is 5.82 Å². The Morgan fingerprint density at radius 2 is 1.75 bits per heavy atom. The van der Waals surface area contributed by atoms with E-state index in [1.54, 1.807) is 0 Å². The lowest BCUT2D eigenvalue weighted by Gasteiger charge is -2.18. The fraction of sp³-hybridized carbons (Fsp3) is 0.176. The number of hydrogen-bond acceptors (Lipinski definition) is 1. The molecule has 2 N–H and O–H groups in total. The van der Waals surface area contributed by atoms with E-state index in [0.717, 1.165) is 12.1 Å². The van der Waals surface area contributed by atoms with E-state index in [2.05, 4.69) is 0 Å². The van der Waals surface area contributed by atoms with E-state index >= 15 is 0 Å². The lowest BCUT2D eigenvalue weighted by molar-refractivity contribution is -0.139. The largest absolute Gasteiger partial charge is 0.399 e. The molecule has 0 saturated heterocycles. The number of hydrogen-bond donors (Lipinski definition) is 1. The highest BCUT2D eigenvalue weighted by atomic mass is 35.5. The summed E-state index contributed by atoms with van der Waals surface area (Å²) in [5, 5.41) is 0.208. The Hall–Kier alpha value is -1.56. The van der Waals surface area contributed by atoms with E-state index in [1.165, 1.54) is 36.4 Å². The first-order valence-corrected chi connectivity index (χ1v) is 7.66. The molecule has 7 heteroatoms. The van der Waals surface area contributed by atoms with E-state index in [4.69, 9.17) is 28.9 Å². The first kappa shape index (κ1) is 18.8. The van der Waals surface area contributed by atoms with Crippen LogP contribution in [0.25, 0.3) is 6.08 Å². The van der Waals surface area contributed by atoms with Gasteiger partial charge in [-0.2, -0.15) is 13.2 Å². The zero-order valence-electron chi connectivity index (χ0n) is 12.2. The molecule has 0 fully saturated rings. The molecule has 0 saturated carbocycles. The molecule has 1 nitrogen and oxygen atoms in total. The molecule has 0 heterocycles. The van der Waals surface area contributed by atoms with Crippen LogP contribution in [0.3, 0.4) is 0 Å². The van der Waals surface area contributed by atoms with Crippen LogP contribution in [0.5, 0.6) is 0 Å². The maximum Gasteiger partial charge on any atom is 0.399 e. The molecule has 0 amide bonds. The van der Waals surface area contributed by atoms with Crippen molar-refractivity contribution in [2.45, 2.75) is 18.6 Å². The van der Waals surface area contributed by atoms with Crippen LogP contribution in [0.1, 0.15) is 22.6 Å². The number of nitrogens with two attached hydrogens (primary N) is 1. The van der Waals surface area contributed by atoms with Gasteiger partial charge in [0, 0.05) is 12.1 Å². The van der Waals surface area contributed by atoms with Crippen molar-refractivity contribution in [3.05, 3.63) is 75.0 Å². The average molecular weight is 378 g/mol. The summed E-state index contributed by atoms with van der Waals surface area (Å²) in [5.41, 5.74) is 5.90. The second-order valence-corrected chi connectivity index (χ2v) is 5.92. The first-order chi connectivity index (χ1) is 11.2. The van der Waals surface area contributed by atoms with Crippen molar-refractivity contribution in [1.82, 2.24) is 0 Å². The van der Waals surface area contributed by atoms with Crippen molar-refractivity contribution in [3.8, 4) is 0 Å². The molecular formula is C17H13Cl2F4N. The lowest BCUT2D eigenvalue weighted by atomic mass is 9.97. The third-order valence-corrected chi connectivity index (χ3v) is 4.17. The van der Waals surface area contributed by atoms with Gasteiger partial charge in [-0.15, -0.1) is 0 Å². The van der Waals surface area contributed by atoms with Gasteiger partial charge in [0.25, 0.3) is 0 Å². The van der Waals surface area contributed by atoms with Crippen LogP contribution in [-0.4, -0.2) is 6.18 Å². The molecule has 2 aromatic rings. The van der Waals surface area contributed by atoms with Gasteiger partial charge in [-0.1, -0.05) is 53.6 Å². The molecule has 128 valence electrons. The minimum absolute atomic E-state index is 0.0181. The maximum atomic E-state index is 13.7. The molecule has 24 heavy (non-hydrogen) atoms. The predicted octanol–water partition coefficient (Wildman–Crippen LogP) is 5.95. The molecule has 2 aromatic carbocycles. The summed E-state index contributed by atoms with van der Waals surface area (Å²) in [7, 11) is 0. The average Bonchev–Trinajstić information content (AvgIpc) is 2.50. The van der Waals surface area contributed by atoms with Crippen molar-refractivity contribution < 1.29 is 17.6 Å². The van der Waals surface area contributed by atoms with Crippen LogP contribution in [-0.2, 0) is 6.54 Å². The highest BCUT2D eigenvalue weighted by molar-refractivity contribution is 6.42. The van der Waals surface area contributed by atoms with Gasteiger partial charge in [0.15, 0.2) is 0 Å². The van der Waals surface area contributed by atoms with Gasteiger partial charge in [-0.3, -0.25) is 0 Å². The fourth-order valence-corrected chi connectivity index (χ4v) is 2.46. The molecule has 0 aliphatic carbocycles. The predicted molar refractivity (Wildman–Crippen MR) is 88.6 cm³/mol. The third-order valence-electron chi connectivity index (χ3n) is 3.43. The van der Waals surface area contributed by atoms with Crippen molar-refractivity contribution in [2.75, 3.05) is 0 Å². The number of benzene rings is 2. The van der Waals surface area contributed by atoms with Crippen LogP contribution in [0.15, 0.2) is 42.5 Å². The molecule has 1 atom stereocenters. The summed E-state index contributed by atoms with van der Waals surface area (Å²) in [5.74, 6) is -2.44. The van der Waals surface area contributed by atoms with Crippen LogP contribution in [0.4, 0.5) is 17.6 Å². The van der Waals surface area contributed by atoms with Crippen molar-refractivity contribution in [2.24, 2.45) is 5.73 Å². The summed E-state index contributed by atoms with van der Waals surface area (Å²) in [6.45, 7) is 0.0181. The number of allylic oxidation sites excluding steroid dienone is 1. The van der Waals surface area contributed by atoms with Gasteiger partial charge >= 0.3 is 6.18 Å². The van der Waals surface area contributed by atoms with Gasteiger partial charge in [-0.05, 0) is 29.3 Å². The Labute approximate surface area is 146 Å². The van der Waals surface area contributed by atoms with Crippen LogP contribution >= 0.6 is 23.2 Å². The van der Waals surface area contributed by atoms with Gasteiger partial charge < -0.3 is 5.73 Å². The number of alkyl halides is 3. The van der Waals surface area contributed by atoms with Crippen molar-refractivity contribution in [3.63, 3.8) is 0 Å². The molecule has 0 radical (unpaired) electrons. The first-order valence-electron chi connectivity index (χ1n) is 6.90. The molecule has 0 aliphatic rings. The maximum absolute atomic E-state index is 13.7. The van der Waals surface area contributed by atoms with Gasteiger partial charge in [0.1, 0.15) is 5.82 Å².